The molecule has 10 heteroatoms. The number of carbonyl (C=O) groups is 1. The third-order valence-corrected chi connectivity index (χ3v) is 11.3. The summed E-state index contributed by atoms with van der Waals surface area (Å²) in [5.74, 6) is 0.288. The van der Waals surface area contributed by atoms with Gasteiger partial charge in [-0.2, -0.15) is 0 Å². The Morgan fingerprint density at radius 2 is 2.07 bits per heavy atom. The van der Waals surface area contributed by atoms with Crippen molar-refractivity contribution in [3.8, 4) is 5.75 Å². The average Bonchev–Trinajstić information content (AvgIpc) is 3.07. The number of ether oxygens (including phenoxy) is 2. The van der Waals surface area contributed by atoms with E-state index >= 15 is 0 Å². The fraction of sp³-hybridized carbons (Fsp3) is 0.516. The smallest absolute Gasteiger partial charge is 0.264 e. The second kappa shape index (κ2) is 11.2. The fourth-order valence-electron chi connectivity index (χ4n) is 7.06. The van der Waals surface area contributed by atoms with Crippen LogP contribution in [-0.2, 0) is 26.6 Å². The molecule has 1 fully saturated rings. The Morgan fingerprint density at radius 1 is 1.22 bits per heavy atom. The van der Waals surface area contributed by atoms with Gasteiger partial charge in [0.25, 0.3) is 5.91 Å². The molecule has 2 aliphatic heterocycles. The number of allylic oxidation sites excluding steroid dienone is 1. The zero-order valence-corrected chi connectivity index (χ0v) is 24.8. The van der Waals surface area contributed by atoms with E-state index in [4.69, 9.17) is 21.1 Å². The van der Waals surface area contributed by atoms with Gasteiger partial charge >= 0.3 is 0 Å². The van der Waals surface area contributed by atoms with E-state index in [0.717, 1.165) is 42.8 Å². The van der Waals surface area contributed by atoms with E-state index in [9.17, 15) is 18.3 Å². The second-order valence-corrected chi connectivity index (χ2v) is 14.4. The third-order valence-electron chi connectivity index (χ3n) is 9.43. The number of hydrogen-bond acceptors (Lipinski definition) is 7. The molecule has 4 aliphatic rings. The van der Waals surface area contributed by atoms with Crippen LogP contribution in [0.4, 0.5) is 5.69 Å². The molecule has 0 saturated heterocycles. The van der Waals surface area contributed by atoms with Crippen molar-refractivity contribution in [1.82, 2.24) is 4.72 Å². The molecule has 220 valence electrons. The van der Waals surface area contributed by atoms with Crippen LogP contribution in [0.2, 0.25) is 5.02 Å². The van der Waals surface area contributed by atoms with Crippen molar-refractivity contribution in [1.29, 1.82) is 0 Å². The zero-order chi connectivity index (χ0) is 28.8. The Labute approximate surface area is 246 Å². The molecule has 41 heavy (non-hydrogen) atoms. The van der Waals surface area contributed by atoms with E-state index in [1.54, 1.807) is 30.4 Å². The summed E-state index contributed by atoms with van der Waals surface area (Å²) < 4.78 is 40.3. The first kappa shape index (κ1) is 28.5. The number of halogens is 1. The molecule has 2 aromatic carbocycles. The number of amides is 1. The van der Waals surface area contributed by atoms with Crippen molar-refractivity contribution in [3.05, 3.63) is 70.3 Å². The molecule has 2 heterocycles. The standard InChI is InChI=1S/C31H37ClN2O6S/c1-39-17-24-5-2-6-28(35)25-10-7-22(25)16-34-18-31(13-3-4-20-14-23(32)9-11-26(20)31)19-40-29-12-8-21(15-27(29)34)30(36)33-41(24,37)38/h2,6,8-9,11-12,14-15,22,24-25,28,35H,3-5,7,10,13,16-19H2,1H3,(H,33,36)/b6-2+/t22-,24-,25+,28-,31-/m0/s1. The number of carbonyl (C=O) groups excluding carboxylic acids is 1. The minimum atomic E-state index is -4.05. The van der Waals surface area contributed by atoms with Gasteiger partial charge in [-0.15, -0.1) is 0 Å². The number of fused-ring (bicyclic) bond motifs is 4. The number of aryl methyl sites for hydroxylation is 1. The Kier molecular flexibility index (Phi) is 7.82. The maximum absolute atomic E-state index is 13.3. The number of sulfonamides is 1. The normalized spacial score (nSPS) is 31.7. The first-order valence-electron chi connectivity index (χ1n) is 14.4. The lowest BCUT2D eigenvalue weighted by Crippen LogP contribution is -2.49. The fourth-order valence-corrected chi connectivity index (χ4v) is 8.48. The van der Waals surface area contributed by atoms with E-state index < -0.39 is 27.3 Å². The molecule has 1 spiro atoms. The molecule has 2 bridgehead atoms. The SMILES string of the molecule is COC[C@@H]1C/C=C/[C@H](O)[C@@H]2CC[C@H]2CN2C[C@@]3(CCCc4cc(Cl)ccc43)COc3ccc(cc32)C(=O)NS1(=O)=O. The first-order chi connectivity index (χ1) is 19.7. The number of methoxy groups -OCH3 is 1. The number of nitrogens with zero attached hydrogens (tertiary/aromatic N) is 1. The van der Waals surface area contributed by atoms with Gasteiger partial charge in [0.1, 0.15) is 11.0 Å². The molecular weight excluding hydrogens is 564 g/mol. The summed E-state index contributed by atoms with van der Waals surface area (Å²) >= 11 is 6.37. The molecule has 2 aromatic rings. The zero-order valence-electron chi connectivity index (χ0n) is 23.2. The summed E-state index contributed by atoms with van der Waals surface area (Å²) in [6.45, 7) is 1.80. The summed E-state index contributed by atoms with van der Waals surface area (Å²) in [5.41, 5.74) is 3.25. The van der Waals surface area contributed by atoms with Gasteiger partial charge in [-0.05, 0) is 91.8 Å². The molecule has 2 N–H and O–H groups in total. The second-order valence-electron chi connectivity index (χ2n) is 12.0. The van der Waals surface area contributed by atoms with Crippen molar-refractivity contribution >= 4 is 33.2 Å². The highest BCUT2D eigenvalue weighted by Crippen LogP contribution is 2.46. The van der Waals surface area contributed by atoms with E-state index in [-0.39, 0.29) is 35.8 Å². The lowest BCUT2D eigenvalue weighted by Gasteiger charge is -2.45. The van der Waals surface area contributed by atoms with Gasteiger partial charge in [0.05, 0.1) is 25.0 Å². The maximum atomic E-state index is 13.3. The molecule has 5 atom stereocenters. The summed E-state index contributed by atoms with van der Waals surface area (Å²) in [7, 11) is -2.62. The minimum Gasteiger partial charge on any atom is -0.490 e. The number of anilines is 1. The highest BCUT2D eigenvalue weighted by molar-refractivity contribution is 7.90. The molecule has 2 aliphatic carbocycles. The Balaban J connectivity index is 1.42. The van der Waals surface area contributed by atoms with Gasteiger partial charge in [0, 0.05) is 36.2 Å². The van der Waals surface area contributed by atoms with E-state index in [2.05, 4.69) is 21.8 Å². The molecule has 6 rings (SSSR count). The van der Waals surface area contributed by atoms with Crippen LogP contribution in [-0.4, -0.2) is 64.2 Å². The van der Waals surface area contributed by atoms with E-state index in [0.29, 0.717) is 25.4 Å². The first-order valence-corrected chi connectivity index (χ1v) is 16.3. The van der Waals surface area contributed by atoms with Crippen LogP contribution in [0.15, 0.2) is 48.6 Å². The maximum Gasteiger partial charge on any atom is 0.264 e. The Hall–Kier alpha value is -2.59. The number of benzene rings is 2. The number of rotatable bonds is 2. The van der Waals surface area contributed by atoms with E-state index in [1.165, 1.54) is 18.2 Å². The van der Waals surface area contributed by atoms with Gasteiger partial charge in [0.2, 0.25) is 10.0 Å². The third kappa shape index (κ3) is 5.49. The lowest BCUT2D eigenvalue weighted by molar-refractivity contribution is 0.0456. The Bertz CT molecular complexity index is 1460. The van der Waals surface area contributed by atoms with Gasteiger partial charge in [-0.3, -0.25) is 4.79 Å². The molecule has 1 saturated carbocycles. The van der Waals surface area contributed by atoms with Crippen LogP contribution in [0, 0.1) is 11.8 Å². The predicted molar refractivity (Wildman–Crippen MR) is 158 cm³/mol. The quantitative estimate of drug-likeness (QED) is 0.497. The largest absolute Gasteiger partial charge is 0.490 e. The van der Waals surface area contributed by atoms with Crippen LogP contribution in [0.1, 0.15) is 53.6 Å². The van der Waals surface area contributed by atoms with Crippen LogP contribution < -0.4 is 14.4 Å². The minimum absolute atomic E-state index is 0.0674. The van der Waals surface area contributed by atoms with Crippen LogP contribution in [0.3, 0.4) is 0 Å². The summed E-state index contributed by atoms with van der Waals surface area (Å²) in [6.07, 6.45) is 7.68. The van der Waals surface area contributed by atoms with Crippen molar-refractivity contribution in [2.45, 2.75) is 55.3 Å². The van der Waals surface area contributed by atoms with Gasteiger partial charge in [-0.25, -0.2) is 13.1 Å². The number of nitrogens with one attached hydrogen (secondary N) is 1. The molecule has 0 radical (unpaired) electrons. The van der Waals surface area contributed by atoms with E-state index in [1.807, 2.05) is 6.07 Å². The van der Waals surface area contributed by atoms with Crippen LogP contribution in [0.25, 0.3) is 0 Å². The predicted octanol–water partition coefficient (Wildman–Crippen LogP) is 4.23. The molecule has 8 nitrogen and oxygen atoms in total. The number of aliphatic hydroxyl groups excluding tert-OH is 1. The van der Waals surface area contributed by atoms with Crippen LogP contribution in [0.5, 0.6) is 5.75 Å². The topological polar surface area (TPSA) is 105 Å². The van der Waals surface area contributed by atoms with Gasteiger partial charge in [-0.1, -0.05) is 29.8 Å². The van der Waals surface area contributed by atoms with Crippen molar-refractivity contribution in [2.75, 3.05) is 38.3 Å². The van der Waals surface area contributed by atoms with Gasteiger partial charge in [0.15, 0.2) is 0 Å². The highest BCUT2D eigenvalue weighted by atomic mass is 35.5. The molecular formula is C31H37ClN2O6S. The summed E-state index contributed by atoms with van der Waals surface area (Å²) in [4.78, 5) is 15.6. The monoisotopic (exact) mass is 600 g/mol. The van der Waals surface area contributed by atoms with Crippen molar-refractivity contribution < 1.29 is 27.8 Å². The number of aliphatic hydroxyl groups is 1. The average molecular weight is 601 g/mol. The molecule has 0 unspecified atom stereocenters. The summed E-state index contributed by atoms with van der Waals surface area (Å²) in [6, 6.07) is 11.3. The van der Waals surface area contributed by atoms with Crippen molar-refractivity contribution in [2.24, 2.45) is 11.8 Å². The van der Waals surface area contributed by atoms with Gasteiger partial charge < -0.3 is 19.5 Å². The summed E-state index contributed by atoms with van der Waals surface area (Å²) in [5, 5.41) is 10.8. The Morgan fingerprint density at radius 3 is 2.85 bits per heavy atom. The van der Waals surface area contributed by atoms with Crippen molar-refractivity contribution in [3.63, 3.8) is 0 Å². The highest BCUT2D eigenvalue weighted by Gasteiger charge is 2.44. The van der Waals surface area contributed by atoms with Crippen LogP contribution >= 0.6 is 11.6 Å². The lowest BCUT2D eigenvalue weighted by atomic mass is 9.68. The molecule has 0 aromatic heterocycles. The molecule has 1 amide bonds. The number of hydrogen-bond donors (Lipinski definition) is 2.